The Labute approximate surface area is 265 Å². The second-order valence-electron chi connectivity index (χ2n) is 14.3. The van der Waals surface area contributed by atoms with Crippen LogP contribution in [0.5, 0.6) is 0 Å². The van der Waals surface area contributed by atoms with Crippen molar-refractivity contribution in [3.05, 3.63) is 0 Å². The molecule has 0 unspecified atom stereocenters. The van der Waals surface area contributed by atoms with E-state index in [0.29, 0.717) is 0 Å². The van der Waals surface area contributed by atoms with Crippen LogP contribution in [0.25, 0.3) is 0 Å². The van der Waals surface area contributed by atoms with E-state index in [-0.39, 0.29) is 0 Å². The van der Waals surface area contributed by atoms with Gasteiger partial charge in [-0.3, -0.25) is 0 Å². The van der Waals surface area contributed by atoms with Crippen molar-refractivity contribution in [3.8, 4) is 0 Å². The Bertz CT molecular complexity index is 516. The Kier molecular flexibility index (Phi) is 29.2. The molecule has 0 aromatic heterocycles. The normalized spacial score (nSPS) is 12.8. The van der Waals surface area contributed by atoms with Gasteiger partial charge in [-0.1, -0.05) is 0 Å². The molecule has 42 heavy (non-hydrogen) atoms. The first-order valence-electron chi connectivity index (χ1n) is 19.3. The molecule has 4 heteroatoms. The molecule has 254 valence electrons. The van der Waals surface area contributed by atoms with Crippen molar-refractivity contribution < 1.29 is 14.4 Å². The molecule has 0 heterocycles. The third-order valence-electron chi connectivity index (χ3n) is 9.79. The molecular formula is C38H79O3P. The van der Waals surface area contributed by atoms with Crippen LogP contribution in [0.4, 0.5) is 4.79 Å². The molecule has 3 nitrogen and oxygen atoms in total. The van der Waals surface area contributed by atoms with E-state index in [9.17, 15) is 9.90 Å². The fourth-order valence-electron chi connectivity index (χ4n) is 6.85. The fourth-order valence-corrected chi connectivity index (χ4v) is 11.6. The Morgan fingerprint density at radius 1 is 0.405 bits per heavy atom. The van der Waals surface area contributed by atoms with E-state index in [1.54, 1.807) is 0 Å². The van der Waals surface area contributed by atoms with Gasteiger partial charge in [0.1, 0.15) is 0 Å². The molecule has 0 aliphatic rings. The zero-order chi connectivity index (χ0) is 31.1. The van der Waals surface area contributed by atoms with Crippen LogP contribution in [0.15, 0.2) is 0 Å². The molecule has 0 saturated carbocycles. The monoisotopic (exact) mass is 615 g/mol. The summed E-state index contributed by atoms with van der Waals surface area (Å²) in [5.74, 6) is 0. The molecule has 0 aliphatic heterocycles. The maximum absolute atomic E-state index is 12.1. The van der Waals surface area contributed by atoms with Gasteiger partial charge in [-0.05, 0) is 0 Å². The molecule has 1 N–H and O–H groups in total. The van der Waals surface area contributed by atoms with Gasteiger partial charge in [0.05, 0.1) is 0 Å². The van der Waals surface area contributed by atoms with Crippen molar-refractivity contribution in [3.63, 3.8) is 0 Å². The molecule has 0 fully saturated rings. The standard InChI is InChI=1S/C38H79O3P/c1-5-8-11-14-17-20-23-26-29-32-35-42(4,41-38(39)40,36-33-30-27-24-21-18-15-12-9-6-2)37-34-31-28-25-22-19-16-13-10-7-3/h5-37H2,1-4H3,(H,39,40). The number of carboxylic acid groups (broad SMARTS) is 1. The molecule has 0 aromatic rings. The summed E-state index contributed by atoms with van der Waals surface area (Å²) in [7, 11) is 0. The molecule has 0 rings (SSSR count). The molecule has 0 aromatic carbocycles. The number of rotatable bonds is 34. The summed E-state index contributed by atoms with van der Waals surface area (Å²) in [5, 5.41) is 9.91. The number of hydrogen-bond donors (Lipinski definition) is 1. The summed E-state index contributed by atoms with van der Waals surface area (Å²) in [6, 6.07) is 0. The van der Waals surface area contributed by atoms with E-state index in [0.717, 1.165) is 37.7 Å². The van der Waals surface area contributed by atoms with E-state index in [1.165, 1.54) is 173 Å². The number of carbonyl (C=O) groups is 1. The van der Waals surface area contributed by atoms with E-state index < -0.39 is 13.0 Å². The summed E-state index contributed by atoms with van der Waals surface area (Å²) in [4.78, 5) is 12.1. The summed E-state index contributed by atoms with van der Waals surface area (Å²) in [6.45, 7) is 6.43. The second kappa shape index (κ2) is 29.4. The van der Waals surface area contributed by atoms with Gasteiger partial charge in [-0.25, -0.2) is 0 Å². The van der Waals surface area contributed by atoms with Gasteiger partial charge in [0, 0.05) is 0 Å². The second-order valence-corrected chi connectivity index (χ2v) is 20.2. The summed E-state index contributed by atoms with van der Waals surface area (Å²) in [5.41, 5.74) is 0. The Hall–Kier alpha value is -0.300. The first-order chi connectivity index (χ1) is 20.4. The molecule has 0 saturated heterocycles. The van der Waals surface area contributed by atoms with E-state index >= 15 is 0 Å². The SMILES string of the molecule is CCCCCCCCCCCCP(C)(CCCCCCCCCCCC)(CCCCCCCCCCCC)OC(=O)O. The van der Waals surface area contributed by atoms with Crippen molar-refractivity contribution in [2.45, 2.75) is 213 Å². The summed E-state index contributed by atoms with van der Waals surface area (Å²) < 4.78 is 6.12. The van der Waals surface area contributed by atoms with Crippen molar-refractivity contribution in [2.75, 3.05) is 25.2 Å². The van der Waals surface area contributed by atoms with Gasteiger partial charge in [0.25, 0.3) is 0 Å². The minimum absolute atomic E-state index is 1.01. The maximum atomic E-state index is 12.1. The molecule has 0 spiro atoms. The zero-order valence-electron chi connectivity index (χ0n) is 29.5. The van der Waals surface area contributed by atoms with Crippen LogP contribution in [0.2, 0.25) is 0 Å². The van der Waals surface area contributed by atoms with Crippen LogP contribution in [-0.4, -0.2) is 36.4 Å². The van der Waals surface area contributed by atoms with Crippen molar-refractivity contribution in [1.82, 2.24) is 0 Å². The third kappa shape index (κ3) is 26.1. The summed E-state index contributed by atoms with van der Waals surface area (Å²) >= 11 is 0. The molecular weight excluding hydrogens is 535 g/mol. The van der Waals surface area contributed by atoms with Crippen molar-refractivity contribution >= 4 is 13.0 Å². The molecule has 0 radical (unpaired) electrons. The number of hydrogen-bond acceptors (Lipinski definition) is 2. The topological polar surface area (TPSA) is 46.5 Å². The van der Waals surface area contributed by atoms with Crippen molar-refractivity contribution in [1.29, 1.82) is 0 Å². The Balaban J connectivity index is 4.71. The predicted octanol–water partition coefficient (Wildman–Crippen LogP) is 14.5. The van der Waals surface area contributed by atoms with Crippen LogP contribution >= 0.6 is 6.83 Å². The Morgan fingerprint density at radius 3 is 0.786 bits per heavy atom. The van der Waals surface area contributed by atoms with Gasteiger partial charge >= 0.3 is 266 Å². The van der Waals surface area contributed by atoms with Crippen LogP contribution in [-0.2, 0) is 4.52 Å². The Morgan fingerprint density at radius 2 is 0.595 bits per heavy atom. The van der Waals surface area contributed by atoms with Crippen molar-refractivity contribution in [2.24, 2.45) is 0 Å². The van der Waals surface area contributed by atoms with Crippen LogP contribution < -0.4 is 0 Å². The molecule has 0 aliphatic carbocycles. The van der Waals surface area contributed by atoms with Gasteiger partial charge in [-0.15, -0.1) is 0 Å². The van der Waals surface area contributed by atoms with E-state index in [1.807, 2.05) is 0 Å². The predicted molar refractivity (Wildman–Crippen MR) is 192 cm³/mol. The van der Waals surface area contributed by atoms with E-state index in [2.05, 4.69) is 27.4 Å². The van der Waals surface area contributed by atoms with Crippen LogP contribution in [0, 0.1) is 0 Å². The first-order valence-corrected chi connectivity index (χ1v) is 22.5. The minimum atomic E-state index is -2.73. The molecule has 0 bridgehead atoms. The van der Waals surface area contributed by atoms with Gasteiger partial charge in [-0.2, -0.15) is 0 Å². The molecule has 0 amide bonds. The summed E-state index contributed by atoms with van der Waals surface area (Å²) in [6.07, 6.45) is 41.8. The number of unbranched alkanes of at least 4 members (excludes halogenated alkanes) is 27. The average molecular weight is 615 g/mol. The van der Waals surface area contributed by atoms with Gasteiger partial charge < -0.3 is 0 Å². The quantitative estimate of drug-likeness (QED) is 0.0579. The fraction of sp³-hybridized carbons (Fsp3) is 0.974. The van der Waals surface area contributed by atoms with Crippen LogP contribution in [0.3, 0.4) is 0 Å². The van der Waals surface area contributed by atoms with E-state index in [4.69, 9.17) is 4.52 Å². The van der Waals surface area contributed by atoms with Gasteiger partial charge in [0.2, 0.25) is 0 Å². The third-order valence-corrected chi connectivity index (χ3v) is 15.3. The molecule has 0 atom stereocenters. The van der Waals surface area contributed by atoms with Gasteiger partial charge in [0.15, 0.2) is 0 Å². The van der Waals surface area contributed by atoms with Crippen LogP contribution in [0.1, 0.15) is 213 Å². The zero-order valence-corrected chi connectivity index (χ0v) is 30.4. The first kappa shape index (κ1) is 41.7. The average Bonchev–Trinajstić information content (AvgIpc) is 2.96.